The number of rotatable bonds is 5. The highest BCUT2D eigenvalue weighted by atomic mass is 19.4. The second-order valence-corrected chi connectivity index (χ2v) is 9.00. The Morgan fingerprint density at radius 3 is 2.91 bits per heavy atom. The second kappa shape index (κ2) is 9.46. The number of fused-ring (bicyclic) bond motifs is 1. The third-order valence-electron chi connectivity index (χ3n) is 6.84. The fourth-order valence-corrected chi connectivity index (χ4v) is 5.10. The summed E-state index contributed by atoms with van der Waals surface area (Å²) in [4.78, 5) is 28.4. The molecule has 1 aromatic carbocycles. The maximum Gasteiger partial charge on any atom is 0.402 e. The van der Waals surface area contributed by atoms with Gasteiger partial charge >= 0.3 is 6.18 Å². The van der Waals surface area contributed by atoms with Crippen LogP contribution in [-0.2, 0) is 17.9 Å². The minimum Gasteiger partial charge on any atom is -0.492 e. The molecule has 0 saturated carbocycles. The zero-order chi connectivity index (χ0) is 24.6. The topological polar surface area (TPSA) is 105 Å². The summed E-state index contributed by atoms with van der Waals surface area (Å²) >= 11 is 0. The van der Waals surface area contributed by atoms with Crippen molar-refractivity contribution >= 4 is 11.8 Å². The van der Waals surface area contributed by atoms with Gasteiger partial charge in [0.05, 0.1) is 6.54 Å². The van der Waals surface area contributed by atoms with E-state index in [4.69, 9.17) is 4.74 Å². The molecule has 2 saturated heterocycles. The fourth-order valence-electron chi connectivity index (χ4n) is 5.10. The van der Waals surface area contributed by atoms with Gasteiger partial charge in [-0.2, -0.15) is 13.2 Å². The van der Waals surface area contributed by atoms with E-state index in [1.54, 1.807) is 40.4 Å². The Morgan fingerprint density at radius 2 is 2.09 bits per heavy atom. The lowest BCUT2D eigenvalue weighted by atomic mass is 9.94. The standard InChI is InChI=1S/C22H26F3N7O3/c23-22(24,25)19-17(10-26-29-20(19)33)32-6-2-4-15(32)12-35-16-5-1-3-14(9-16)21(34)30-7-8-31-13-27-28-18(31)11-30/h1,3,5,9,13,15,17,19,26H,2,4,6-8,10-12H2,(H,29,33)/t15-,17?,19?/m0/s1. The Balaban J connectivity index is 1.24. The Kier molecular flexibility index (Phi) is 6.36. The molecule has 2 fully saturated rings. The van der Waals surface area contributed by atoms with E-state index >= 15 is 0 Å². The van der Waals surface area contributed by atoms with Gasteiger partial charge < -0.3 is 14.2 Å². The van der Waals surface area contributed by atoms with Crippen molar-refractivity contribution in [3.05, 3.63) is 42.0 Å². The number of aromatic nitrogens is 3. The molecule has 3 aliphatic heterocycles. The van der Waals surface area contributed by atoms with Crippen molar-refractivity contribution in [3.8, 4) is 5.75 Å². The number of halogens is 3. The first-order valence-corrected chi connectivity index (χ1v) is 11.6. The molecule has 2 aromatic rings. The average Bonchev–Trinajstić information content (AvgIpc) is 3.50. The Bertz CT molecular complexity index is 1090. The smallest absolute Gasteiger partial charge is 0.402 e. The predicted octanol–water partition coefficient (Wildman–Crippen LogP) is 0.959. The lowest BCUT2D eigenvalue weighted by molar-refractivity contribution is -0.201. The van der Waals surface area contributed by atoms with Crippen LogP contribution in [-0.4, -0.2) is 80.9 Å². The zero-order valence-corrected chi connectivity index (χ0v) is 18.9. The highest BCUT2D eigenvalue weighted by Crippen LogP contribution is 2.35. The molecule has 0 spiro atoms. The van der Waals surface area contributed by atoms with Crippen molar-refractivity contribution in [2.75, 3.05) is 26.2 Å². The molecule has 0 aliphatic carbocycles. The maximum absolute atomic E-state index is 13.6. The van der Waals surface area contributed by atoms with Crippen LogP contribution in [0.5, 0.6) is 5.75 Å². The fraction of sp³-hybridized carbons (Fsp3) is 0.545. The highest BCUT2D eigenvalue weighted by molar-refractivity contribution is 5.94. The summed E-state index contributed by atoms with van der Waals surface area (Å²) in [6, 6.07) is 5.51. The lowest BCUT2D eigenvalue weighted by Crippen LogP contribution is -2.65. The van der Waals surface area contributed by atoms with E-state index in [-0.39, 0.29) is 25.1 Å². The first-order valence-electron chi connectivity index (χ1n) is 11.6. The number of benzene rings is 1. The van der Waals surface area contributed by atoms with Crippen LogP contribution in [0, 0.1) is 5.92 Å². The number of likely N-dealkylation sites (tertiary alicyclic amines) is 1. The number of carbonyl (C=O) groups is 2. The molecule has 13 heteroatoms. The Hall–Kier alpha value is -3.19. The number of hydrazine groups is 1. The molecule has 2 unspecified atom stereocenters. The summed E-state index contributed by atoms with van der Waals surface area (Å²) in [6.45, 7) is 2.14. The molecule has 2 N–H and O–H groups in total. The molecule has 188 valence electrons. The predicted molar refractivity (Wildman–Crippen MR) is 116 cm³/mol. The number of ether oxygens (including phenoxy) is 1. The molecular formula is C22H26F3N7O3. The van der Waals surface area contributed by atoms with Crippen LogP contribution in [0.2, 0.25) is 0 Å². The molecule has 4 heterocycles. The van der Waals surface area contributed by atoms with E-state index in [1.807, 2.05) is 4.57 Å². The minimum absolute atomic E-state index is 0.00000146. The van der Waals surface area contributed by atoms with Gasteiger partial charge in [-0.3, -0.25) is 19.9 Å². The van der Waals surface area contributed by atoms with E-state index < -0.39 is 24.0 Å². The molecule has 1 aromatic heterocycles. The van der Waals surface area contributed by atoms with Crippen molar-refractivity contribution in [1.29, 1.82) is 0 Å². The summed E-state index contributed by atoms with van der Waals surface area (Å²) < 4.78 is 48.7. The van der Waals surface area contributed by atoms with Gasteiger partial charge in [-0.25, -0.2) is 5.43 Å². The van der Waals surface area contributed by atoms with E-state index in [0.29, 0.717) is 43.9 Å². The molecule has 0 bridgehead atoms. The minimum atomic E-state index is -4.64. The van der Waals surface area contributed by atoms with Crippen LogP contribution in [0.25, 0.3) is 0 Å². The third kappa shape index (κ3) is 4.82. The van der Waals surface area contributed by atoms with Crippen molar-refractivity contribution in [3.63, 3.8) is 0 Å². The number of hydrogen-bond acceptors (Lipinski definition) is 7. The Labute approximate surface area is 199 Å². The first-order chi connectivity index (χ1) is 16.8. The van der Waals surface area contributed by atoms with Crippen LogP contribution in [0.3, 0.4) is 0 Å². The number of alkyl halides is 3. The van der Waals surface area contributed by atoms with E-state index in [9.17, 15) is 22.8 Å². The lowest BCUT2D eigenvalue weighted by Gasteiger charge is -2.40. The van der Waals surface area contributed by atoms with E-state index in [1.165, 1.54) is 0 Å². The summed E-state index contributed by atoms with van der Waals surface area (Å²) in [5, 5.41) is 7.91. The van der Waals surface area contributed by atoms with Gasteiger partial charge in [0, 0.05) is 37.3 Å². The van der Waals surface area contributed by atoms with Gasteiger partial charge in [-0.1, -0.05) is 6.07 Å². The monoisotopic (exact) mass is 493 g/mol. The number of amides is 2. The summed E-state index contributed by atoms with van der Waals surface area (Å²) in [5.41, 5.74) is 5.14. The van der Waals surface area contributed by atoms with Crippen molar-refractivity contribution in [1.82, 2.24) is 35.4 Å². The van der Waals surface area contributed by atoms with E-state index in [2.05, 4.69) is 21.0 Å². The summed E-state index contributed by atoms with van der Waals surface area (Å²) in [5.74, 6) is -2.13. The third-order valence-corrected chi connectivity index (χ3v) is 6.84. The zero-order valence-electron chi connectivity index (χ0n) is 18.9. The molecule has 5 rings (SSSR count). The van der Waals surface area contributed by atoms with Crippen LogP contribution >= 0.6 is 0 Å². The first kappa shape index (κ1) is 23.5. The van der Waals surface area contributed by atoms with Crippen molar-refractivity contribution in [2.45, 2.75) is 44.2 Å². The normalized spacial score (nSPS) is 25.3. The average molecular weight is 493 g/mol. The molecule has 10 nitrogen and oxygen atoms in total. The van der Waals surface area contributed by atoms with Gasteiger partial charge in [-0.05, 0) is 37.6 Å². The second-order valence-electron chi connectivity index (χ2n) is 9.00. The molecule has 3 aliphatic rings. The van der Waals surface area contributed by atoms with Gasteiger partial charge in [0.1, 0.15) is 18.7 Å². The molecule has 2 amide bonds. The molecule has 0 radical (unpaired) electrons. The molecule has 35 heavy (non-hydrogen) atoms. The highest BCUT2D eigenvalue weighted by Gasteiger charge is 2.54. The van der Waals surface area contributed by atoms with Gasteiger partial charge in [0.25, 0.3) is 5.91 Å². The Morgan fingerprint density at radius 1 is 1.23 bits per heavy atom. The number of carbonyl (C=O) groups excluding carboxylic acids is 2. The van der Waals surface area contributed by atoms with Crippen molar-refractivity contribution < 1.29 is 27.5 Å². The largest absolute Gasteiger partial charge is 0.492 e. The van der Waals surface area contributed by atoms with Crippen molar-refractivity contribution in [2.24, 2.45) is 5.92 Å². The van der Waals surface area contributed by atoms with Crippen LogP contribution in [0.1, 0.15) is 29.0 Å². The number of hydrogen-bond donors (Lipinski definition) is 2. The summed E-state index contributed by atoms with van der Waals surface area (Å²) in [6.07, 6.45) is -1.61. The van der Waals surface area contributed by atoms with Crippen LogP contribution in [0.4, 0.5) is 13.2 Å². The van der Waals surface area contributed by atoms with Gasteiger partial charge in [0.15, 0.2) is 11.7 Å². The molecule has 3 atom stereocenters. The van der Waals surface area contributed by atoms with E-state index in [0.717, 1.165) is 12.2 Å². The SMILES string of the molecule is O=C1NNCC(N2CCC[C@H]2COc2cccc(C(=O)N3CCn4cnnc4C3)c2)C1C(F)(F)F. The quantitative estimate of drug-likeness (QED) is 0.640. The van der Waals surface area contributed by atoms with Gasteiger partial charge in [-0.15, -0.1) is 10.2 Å². The van der Waals surface area contributed by atoms with Crippen LogP contribution < -0.4 is 15.6 Å². The maximum atomic E-state index is 13.6. The summed E-state index contributed by atoms with van der Waals surface area (Å²) in [7, 11) is 0. The number of nitrogens with zero attached hydrogens (tertiary/aromatic N) is 5. The molecular weight excluding hydrogens is 467 g/mol. The van der Waals surface area contributed by atoms with Crippen LogP contribution in [0.15, 0.2) is 30.6 Å². The van der Waals surface area contributed by atoms with Gasteiger partial charge in [0.2, 0.25) is 5.91 Å². The number of nitrogens with one attached hydrogen (secondary N) is 2.